The fourth-order valence-electron chi connectivity index (χ4n) is 3.56. The van der Waals surface area contributed by atoms with E-state index >= 15 is 4.39 Å². The molecule has 0 saturated heterocycles. The molecule has 0 spiro atoms. The zero-order chi connectivity index (χ0) is 19.8. The first-order valence-electron chi connectivity index (χ1n) is 9.68. The third-order valence-corrected chi connectivity index (χ3v) is 5.50. The van der Waals surface area contributed by atoms with Crippen molar-refractivity contribution >= 4 is 0 Å². The van der Waals surface area contributed by atoms with Gasteiger partial charge in [-0.25, -0.2) is 14.4 Å². The Labute approximate surface area is 166 Å². The van der Waals surface area contributed by atoms with E-state index in [1.807, 2.05) is 0 Å². The highest BCUT2D eigenvalue weighted by molar-refractivity contribution is 5.57. The summed E-state index contributed by atoms with van der Waals surface area (Å²) in [6, 6.07) is 8.23. The average Bonchev–Trinajstić information content (AvgIpc) is 3.10. The topological polar surface area (TPSA) is 90.5 Å². The molecule has 2 saturated carbocycles. The Morgan fingerprint density at radius 1 is 1.03 bits per heavy atom. The number of halogens is 1. The number of alkyl halides is 1. The molecule has 2 aliphatic rings. The first-order chi connectivity index (χ1) is 14.1. The summed E-state index contributed by atoms with van der Waals surface area (Å²) in [4.78, 5) is 8.42. The van der Waals surface area contributed by atoms with E-state index in [2.05, 4.69) is 15.1 Å². The van der Waals surface area contributed by atoms with Crippen LogP contribution < -0.4 is 9.47 Å². The third kappa shape index (κ3) is 3.62. The van der Waals surface area contributed by atoms with Gasteiger partial charge in [0.25, 0.3) is 5.88 Å². The highest BCUT2D eigenvalue weighted by Gasteiger charge is 2.48. The van der Waals surface area contributed by atoms with Crippen LogP contribution in [0.3, 0.4) is 0 Å². The molecule has 3 aromatic heterocycles. The minimum atomic E-state index is -1.44. The standard InChI is InChI=1S/C21H20FN3O4/c22-21(14-6-7-23-20(8-14)27-15-2-1-3-15)10-16(11-21)28-19-5-4-13(12-24-19)17-9-18(26)25-29-17/h4-9,12,15-16H,1-3,10-11H2,(H,25,26). The molecule has 7 nitrogen and oxygen atoms in total. The predicted octanol–water partition coefficient (Wildman–Crippen LogP) is 4.17. The van der Waals surface area contributed by atoms with Gasteiger partial charge in [0, 0.05) is 49.0 Å². The van der Waals surface area contributed by atoms with E-state index in [-0.39, 0.29) is 30.9 Å². The monoisotopic (exact) mass is 397 g/mol. The van der Waals surface area contributed by atoms with Crippen molar-refractivity contribution < 1.29 is 23.5 Å². The van der Waals surface area contributed by atoms with E-state index in [1.54, 1.807) is 36.7 Å². The van der Waals surface area contributed by atoms with Gasteiger partial charge in [-0.2, -0.15) is 0 Å². The number of hydrogen-bond acceptors (Lipinski definition) is 7. The Balaban J connectivity index is 1.19. The molecule has 2 fully saturated rings. The number of rotatable bonds is 6. The molecular weight excluding hydrogens is 377 g/mol. The summed E-state index contributed by atoms with van der Waals surface area (Å²) in [5, 5.41) is 12.7. The lowest BCUT2D eigenvalue weighted by Gasteiger charge is -2.41. The van der Waals surface area contributed by atoms with Gasteiger partial charge in [0.1, 0.15) is 17.9 Å². The van der Waals surface area contributed by atoms with Crippen molar-refractivity contribution in [3.05, 3.63) is 48.3 Å². The maximum Gasteiger partial charge on any atom is 0.252 e. The molecule has 0 unspecified atom stereocenters. The van der Waals surface area contributed by atoms with Gasteiger partial charge in [-0.05, 0) is 42.1 Å². The van der Waals surface area contributed by atoms with E-state index in [9.17, 15) is 5.11 Å². The summed E-state index contributed by atoms with van der Waals surface area (Å²) in [5.41, 5.74) is -0.202. The summed E-state index contributed by atoms with van der Waals surface area (Å²) in [6.45, 7) is 0. The minimum absolute atomic E-state index is 0.188. The van der Waals surface area contributed by atoms with Gasteiger partial charge in [-0.1, -0.05) is 0 Å². The summed E-state index contributed by atoms with van der Waals surface area (Å²) < 4.78 is 31.8. The highest BCUT2D eigenvalue weighted by Crippen LogP contribution is 2.47. The Hall–Kier alpha value is -3.16. The summed E-state index contributed by atoms with van der Waals surface area (Å²) in [5.74, 6) is 1.12. The lowest BCUT2D eigenvalue weighted by atomic mass is 9.74. The molecule has 3 aromatic rings. The Morgan fingerprint density at radius 2 is 1.86 bits per heavy atom. The van der Waals surface area contributed by atoms with E-state index in [0.29, 0.717) is 28.6 Å². The van der Waals surface area contributed by atoms with Crippen LogP contribution in [0.15, 0.2) is 47.2 Å². The van der Waals surface area contributed by atoms with Gasteiger partial charge >= 0.3 is 0 Å². The van der Waals surface area contributed by atoms with Crippen molar-refractivity contribution in [2.75, 3.05) is 0 Å². The van der Waals surface area contributed by atoms with Gasteiger partial charge in [0.05, 0.1) is 0 Å². The first kappa shape index (κ1) is 17.9. The molecule has 0 radical (unpaired) electrons. The maximum absolute atomic E-state index is 15.3. The molecule has 150 valence electrons. The van der Waals surface area contributed by atoms with Gasteiger partial charge < -0.3 is 19.1 Å². The number of hydrogen-bond donors (Lipinski definition) is 1. The fourth-order valence-corrected chi connectivity index (χ4v) is 3.56. The van der Waals surface area contributed by atoms with Crippen LogP contribution >= 0.6 is 0 Å². The SMILES string of the molecule is Oc1cc(-c2ccc(OC3CC(F)(c4ccnc(OC5CCC5)c4)C3)nc2)on1. The summed E-state index contributed by atoms with van der Waals surface area (Å²) >= 11 is 0. The van der Waals surface area contributed by atoms with Crippen LogP contribution in [-0.2, 0) is 5.67 Å². The Kier molecular flexibility index (Phi) is 4.34. The Morgan fingerprint density at radius 3 is 2.52 bits per heavy atom. The molecule has 0 bridgehead atoms. The van der Waals surface area contributed by atoms with Crippen molar-refractivity contribution in [2.24, 2.45) is 0 Å². The number of pyridine rings is 2. The Bertz CT molecular complexity index is 997. The van der Waals surface area contributed by atoms with Crippen LogP contribution in [0.2, 0.25) is 0 Å². The summed E-state index contributed by atoms with van der Waals surface area (Å²) in [7, 11) is 0. The second-order valence-electron chi connectivity index (χ2n) is 7.60. The van der Waals surface area contributed by atoms with Crippen molar-refractivity contribution in [3.63, 3.8) is 0 Å². The van der Waals surface area contributed by atoms with Crippen LogP contribution in [0, 0.1) is 0 Å². The van der Waals surface area contributed by atoms with E-state index in [4.69, 9.17) is 14.0 Å². The second-order valence-corrected chi connectivity index (χ2v) is 7.60. The minimum Gasteiger partial charge on any atom is -0.491 e. The van der Waals surface area contributed by atoms with Crippen LogP contribution in [0.25, 0.3) is 11.3 Å². The van der Waals surface area contributed by atoms with Crippen molar-refractivity contribution in [1.82, 2.24) is 15.1 Å². The normalized spacial score (nSPS) is 23.8. The zero-order valence-electron chi connectivity index (χ0n) is 15.6. The van der Waals surface area contributed by atoms with Crippen molar-refractivity contribution in [2.45, 2.75) is 50.0 Å². The van der Waals surface area contributed by atoms with Gasteiger partial charge in [-0.15, -0.1) is 0 Å². The molecule has 8 heteroatoms. The number of aromatic nitrogens is 3. The molecule has 1 N–H and O–H groups in total. The molecule has 0 atom stereocenters. The van der Waals surface area contributed by atoms with E-state index in [1.165, 1.54) is 12.5 Å². The molecule has 0 aromatic carbocycles. The van der Waals surface area contributed by atoms with E-state index < -0.39 is 5.67 Å². The smallest absolute Gasteiger partial charge is 0.252 e. The molecule has 2 aliphatic carbocycles. The van der Waals surface area contributed by atoms with Gasteiger partial charge in [-0.3, -0.25) is 0 Å². The van der Waals surface area contributed by atoms with Gasteiger partial charge in [0.15, 0.2) is 5.76 Å². The maximum atomic E-state index is 15.3. The molecular formula is C21H20FN3O4. The van der Waals surface area contributed by atoms with Crippen LogP contribution in [0.5, 0.6) is 17.6 Å². The second kappa shape index (κ2) is 7.02. The molecule has 29 heavy (non-hydrogen) atoms. The van der Waals surface area contributed by atoms with Gasteiger partial charge in [0.2, 0.25) is 11.8 Å². The highest BCUT2D eigenvalue weighted by atomic mass is 19.1. The molecule has 3 heterocycles. The van der Waals surface area contributed by atoms with Crippen LogP contribution in [-0.4, -0.2) is 32.4 Å². The third-order valence-electron chi connectivity index (χ3n) is 5.50. The average molecular weight is 397 g/mol. The van der Waals surface area contributed by atoms with Crippen molar-refractivity contribution in [3.8, 4) is 29.0 Å². The largest absolute Gasteiger partial charge is 0.491 e. The molecule has 0 amide bonds. The quantitative estimate of drug-likeness (QED) is 0.667. The molecule has 5 rings (SSSR count). The zero-order valence-corrected chi connectivity index (χ0v) is 15.6. The summed E-state index contributed by atoms with van der Waals surface area (Å²) in [6.07, 6.45) is 6.85. The fraction of sp³-hybridized carbons (Fsp3) is 0.381. The number of aromatic hydroxyl groups is 1. The lowest BCUT2D eigenvalue weighted by molar-refractivity contribution is -0.0488. The molecule has 0 aliphatic heterocycles. The van der Waals surface area contributed by atoms with Crippen molar-refractivity contribution in [1.29, 1.82) is 0 Å². The predicted molar refractivity (Wildman–Crippen MR) is 100 cm³/mol. The van der Waals surface area contributed by atoms with Crippen LogP contribution in [0.1, 0.15) is 37.7 Å². The van der Waals surface area contributed by atoms with Crippen LogP contribution in [0.4, 0.5) is 4.39 Å². The first-order valence-corrected chi connectivity index (χ1v) is 9.68. The number of nitrogens with zero attached hydrogens (tertiary/aromatic N) is 3. The number of ether oxygens (including phenoxy) is 2. The van der Waals surface area contributed by atoms with E-state index in [0.717, 1.165) is 12.8 Å². The lowest BCUT2D eigenvalue weighted by Crippen LogP contribution is -2.44.